The molecule has 59 heavy (non-hydrogen) atoms. The number of hydrogen-bond acceptors (Lipinski definition) is 3. The average molecular weight is 783 g/mol. The number of thiazole rings is 1. The van der Waals surface area contributed by atoms with Crippen LogP contribution >= 0.6 is 11.3 Å². The van der Waals surface area contributed by atoms with E-state index in [1.54, 1.807) is 35.6 Å². The summed E-state index contributed by atoms with van der Waals surface area (Å²) in [5.41, 5.74) is 14.5. The van der Waals surface area contributed by atoms with Crippen LogP contribution in [0.3, 0.4) is 0 Å². The van der Waals surface area contributed by atoms with Gasteiger partial charge in [-0.25, -0.2) is 4.98 Å². The number of hydrogen-bond donors (Lipinski definition) is 0. The van der Waals surface area contributed by atoms with Crippen LogP contribution in [0.15, 0.2) is 152 Å². The van der Waals surface area contributed by atoms with Crippen LogP contribution in [0.4, 0.5) is 0 Å². The zero-order chi connectivity index (χ0) is 44.7. The summed E-state index contributed by atoms with van der Waals surface area (Å²) in [6.45, 7) is -0.112. The first-order valence-electron chi connectivity index (χ1n) is 23.0. The predicted molar refractivity (Wildman–Crippen MR) is 247 cm³/mol. The largest absolute Gasteiger partial charge is 0.456 e. The monoisotopic (exact) mass is 782 g/mol. The van der Waals surface area contributed by atoms with Crippen molar-refractivity contribution >= 4 is 37.5 Å². The zero-order valence-corrected chi connectivity index (χ0v) is 33.5. The molecule has 3 nitrogen and oxygen atoms in total. The summed E-state index contributed by atoms with van der Waals surface area (Å²) in [6, 6.07) is 51.2. The molecular formula is C55H40N2OS. The molecule has 1 aliphatic heterocycles. The van der Waals surface area contributed by atoms with Crippen LogP contribution in [0.2, 0.25) is 0 Å². The molecule has 12 rings (SSSR count). The minimum Gasteiger partial charge on any atom is -0.456 e. The molecule has 0 radical (unpaired) electrons. The summed E-state index contributed by atoms with van der Waals surface area (Å²) in [5, 5.41) is 0. The third-order valence-electron chi connectivity index (χ3n) is 12.5. The van der Waals surface area contributed by atoms with Crippen molar-refractivity contribution in [3.05, 3.63) is 179 Å². The van der Waals surface area contributed by atoms with Gasteiger partial charge in [-0.05, 0) is 129 Å². The molecule has 4 heteroatoms. The molecule has 0 unspecified atom stereocenters. The molecule has 0 N–H and O–H groups in total. The van der Waals surface area contributed by atoms with Gasteiger partial charge in [0.15, 0.2) is 4.96 Å². The van der Waals surface area contributed by atoms with Crippen LogP contribution in [-0.2, 0) is 5.41 Å². The normalized spacial score (nSPS) is 15.4. The molecule has 0 saturated heterocycles. The summed E-state index contributed by atoms with van der Waals surface area (Å²) >= 11 is 1.61. The van der Waals surface area contributed by atoms with Crippen molar-refractivity contribution in [3.63, 3.8) is 0 Å². The van der Waals surface area contributed by atoms with E-state index in [2.05, 4.69) is 120 Å². The van der Waals surface area contributed by atoms with Gasteiger partial charge in [0.25, 0.3) is 0 Å². The maximum atomic E-state index is 9.33. The molecule has 2 aromatic heterocycles. The van der Waals surface area contributed by atoms with E-state index in [1.165, 1.54) is 0 Å². The van der Waals surface area contributed by atoms with E-state index in [0.717, 1.165) is 98.5 Å². The van der Waals surface area contributed by atoms with Crippen LogP contribution in [0.1, 0.15) is 49.7 Å². The van der Waals surface area contributed by atoms with E-state index in [-0.39, 0.29) is 22.6 Å². The summed E-state index contributed by atoms with van der Waals surface area (Å²) < 4.78 is 66.3. The molecule has 0 saturated carbocycles. The molecular weight excluding hydrogens is 737 g/mol. The van der Waals surface area contributed by atoms with E-state index in [0.29, 0.717) is 11.1 Å². The lowest BCUT2D eigenvalue weighted by atomic mass is 9.72. The van der Waals surface area contributed by atoms with Crippen molar-refractivity contribution in [2.75, 3.05) is 0 Å². The highest BCUT2D eigenvalue weighted by Gasteiger charge is 2.38. The number of para-hydroxylation sites is 1. The van der Waals surface area contributed by atoms with Gasteiger partial charge in [0.1, 0.15) is 11.5 Å². The van der Waals surface area contributed by atoms with Gasteiger partial charge in [-0.3, -0.25) is 4.40 Å². The lowest BCUT2D eigenvalue weighted by Gasteiger charge is -2.37. The Morgan fingerprint density at radius 2 is 1.19 bits per heavy atom. The van der Waals surface area contributed by atoms with Crippen LogP contribution in [0, 0.1) is 20.8 Å². The Morgan fingerprint density at radius 1 is 0.559 bits per heavy atom. The Balaban J connectivity index is 1.23. The second-order valence-corrected chi connectivity index (χ2v) is 17.0. The standard InChI is InChI=1S/C55H40N2OS/c1-31-22-26-44-48(28-31)58-53-45(55(44,4)5)30-42(50-32(2)23-27-47-52(50)56-54-57(47)46-20-12-13-21-49(46)59-54)33(3)51(53)34-24-25-41-39-18-9-8-16-37(39)35-14-6-7-15-36(35)38-17-10-11-19-40(38)43(41)29-34/h6-30H,1-5H3/i4D3,5D3. The molecule has 0 spiro atoms. The molecule has 1 aliphatic carbocycles. The Hall–Kier alpha value is -6.75. The minimum atomic E-state index is -3.04. The number of aryl methyl sites for hydroxylation is 2. The highest BCUT2D eigenvalue weighted by molar-refractivity contribution is 7.23. The number of nitrogens with zero attached hydrogens (tertiary/aromatic N) is 2. The van der Waals surface area contributed by atoms with Crippen LogP contribution in [0.25, 0.3) is 93.0 Å². The van der Waals surface area contributed by atoms with E-state index >= 15 is 0 Å². The van der Waals surface area contributed by atoms with Gasteiger partial charge < -0.3 is 4.74 Å². The highest BCUT2D eigenvalue weighted by atomic mass is 32.1. The smallest absolute Gasteiger partial charge is 0.195 e. The Labute approximate surface area is 356 Å². The maximum absolute atomic E-state index is 9.33. The molecule has 3 heterocycles. The molecule has 8 aromatic carbocycles. The summed E-state index contributed by atoms with van der Waals surface area (Å²) in [4.78, 5) is 6.13. The van der Waals surface area contributed by atoms with E-state index < -0.39 is 19.1 Å². The van der Waals surface area contributed by atoms with Crippen molar-refractivity contribution in [1.29, 1.82) is 0 Å². The first-order valence-corrected chi connectivity index (χ1v) is 20.8. The molecule has 0 bridgehead atoms. The lowest BCUT2D eigenvalue weighted by Crippen LogP contribution is -2.25. The molecule has 282 valence electrons. The molecule has 10 aromatic rings. The Kier molecular flexibility index (Phi) is 6.00. The lowest BCUT2D eigenvalue weighted by molar-refractivity contribution is 0.419. The van der Waals surface area contributed by atoms with Crippen molar-refractivity contribution < 1.29 is 13.0 Å². The van der Waals surface area contributed by atoms with Crippen molar-refractivity contribution in [1.82, 2.24) is 9.38 Å². The van der Waals surface area contributed by atoms with Gasteiger partial charge in [-0.15, -0.1) is 0 Å². The highest BCUT2D eigenvalue weighted by Crippen LogP contribution is 2.56. The number of benzene rings is 8. The fourth-order valence-corrected chi connectivity index (χ4v) is 10.8. The second kappa shape index (κ2) is 12.4. The van der Waals surface area contributed by atoms with Gasteiger partial charge >= 0.3 is 0 Å². The third-order valence-corrected chi connectivity index (χ3v) is 13.5. The summed E-state index contributed by atoms with van der Waals surface area (Å²) in [5.74, 6) is 0.447. The van der Waals surface area contributed by atoms with Crippen LogP contribution in [-0.4, -0.2) is 9.38 Å². The minimum absolute atomic E-state index is 0.0961. The van der Waals surface area contributed by atoms with E-state index in [4.69, 9.17) is 9.72 Å². The SMILES string of the molecule is [2H]C([2H])([2H])C1(C([2H])([2H])[2H])c2ccc(C)cc2Oc2c1cc(-c1c(C)ccc3c1nc1sc4ccccc4n13)c(C)c2-c1ccc2c(c1)-c1ccccc1-c1ccccc1-c1ccccc1-2. The van der Waals surface area contributed by atoms with Gasteiger partial charge in [0, 0.05) is 35.9 Å². The van der Waals surface area contributed by atoms with Crippen molar-refractivity contribution in [2.24, 2.45) is 0 Å². The van der Waals surface area contributed by atoms with Gasteiger partial charge in [0.2, 0.25) is 0 Å². The average Bonchev–Trinajstić information content (AvgIpc) is 3.83. The Morgan fingerprint density at radius 3 is 1.86 bits per heavy atom. The quantitative estimate of drug-likeness (QED) is 0.175. The van der Waals surface area contributed by atoms with Gasteiger partial charge in [0.05, 0.1) is 21.3 Å². The molecule has 0 amide bonds. The number of aromatic nitrogens is 2. The van der Waals surface area contributed by atoms with Gasteiger partial charge in [-0.2, -0.15) is 0 Å². The topological polar surface area (TPSA) is 26.5 Å². The predicted octanol–water partition coefficient (Wildman–Crippen LogP) is 15.4. The summed E-state index contributed by atoms with van der Waals surface area (Å²) in [6.07, 6.45) is 0. The fraction of sp³-hybridized carbons (Fsp3) is 0.109. The van der Waals surface area contributed by atoms with Crippen LogP contribution < -0.4 is 4.74 Å². The molecule has 0 atom stereocenters. The first-order chi connectivity index (χ1) is 31.3. The van der Waals surface area contributed by atoms with Crippen molar-refractivity contribution in [3.8, 4) is 78.3 Å². The molecule has 2 aliphatic rings. The van der Waals surface area contributed by atoms with Crippen molar-refractivity contribution in [2.45, 2.75) is 39.9 Å². The van der Waals surface area contributed by atoms with E-state index in [9.17, 15) is 8.22 Å². The van der Waals surface area contributed by atoms with Crippen LogP contribution in [0.5, 0.6) is 11.5 Å². The Bertz CT molecular complexity index is 3650. The third kappa shape index (κ3) is 4.84. The first kappa shape index (κ1) is 28.6. The van der Waals surface area contributed by atoms with E-state index in [1.807, 2.05) is 32.9 Å². The summed E-state index contributed by atoms with van der Waals surface area (Å²) in [7, 11) is 0. The fourth-order valence-electron chi connectivity index (χ4n) is 9.74. The maximum Gasteiger partial charge on any atom is 0.195 e. The number of ether oxygens (including phenoxy) is 1. The number of rotatable bonds is 2. The zero-order valence-electron chi connectivity index (χ0n) is 38.6. The van der Waals surface area contributed by atoms with Gasteiger partial charge in [-0.1, -0.05) is 140 Å². The molecule has 0 fully saturated rings. The second-order valence-electron chi connectivity index (χ2n) is 16.0. The number of imidazole rings is 1. The number of fused-ring (bicyclic) bond motifs is 15.